The van der Waals surface area contributed by atoms with Crippen LogP contribution in [0.3, 0.4) is 0 Å². The number of fused-ring (bicyclic) bond motifs is 2. The van der Waals surface area contributed by atoms with Crippen molar-refractivity contribution >= 4 is 11.8 Å². The average Bonchev–Trinajstić information content (AvgIpc) is 3.10. The fourth-order valence-electron chi connectivity index (χ4n) is 7.57. The van der Waals surface area contributed by atoms with E-state index >= 15 is 0 Å². The molecule has 0 unspecified atom stereocenters. The molecule has 1 heterocycles. The van der Waals surface area contributed by atoms with Crippen molar-refractivity contribution in [3.63, 3.8) is 0 Å². The summed E-state index contributed by atoms with van der Waals surface area (Å²) >= 11 is 0. The SMILES string of the molecule is C=CCCOC(=O)N(C)[C@H]1CC(=NOCC)C2=C[C@H](CCCCO)[C@@H](CCCCO)[C@@H]3c4cc(OCC=C)ccc4O[C@@]1(OCC=C)[C@H]23. The maximum Gasteiger partial charge on any atom is 0.409 e. The number of carbonyl (C=O) groups is 1. The maximum absolute atomic E-state index is 13.6. The molecule has 0 spiro atoms. The van der Waals surface area contributed by atoms with Crippen LogP contribution in [0.1, 0.15) is 69.8 Å². The van der Waals surface area contributed by atoms with Gasteiger partial charge in [-0.2, -0.15) is 0 Å². The molecule has 2 N–H and O–H groups in total. The summed E-state index contributed by atoms with van der Waals surface area (Å²) in [5.41, 5.74) is 2.73. The minimum atomic E-state index is -1.32. The highest BCUT2D eigenvalue weighted by Crippen LogP contribution is 2.61. The lowest BCUT2D eigenvalue weighted by Gasteiger charge is -2.59. The van der Waals surface area contributed by atoms with Gasteiger partial charge in [0.15, 0.2) is 0 Å². The third-order valence-corrected chi connectivity index (χ3v) is 9.62. The largest absolute Gasteiger partial charge is 0.490 e. The minimum Gasteiger partial charge on any atom is -0.490 e. The van der Waals surface area contributed by atoms with Gasteiger partial charge in [-0.1, -0.05) is 48.9 Å². The van der Waals surface area contributed by atoms with Gasteiger partial charge >= 0.3 is 6.09 Å². The van der Waals surface area contributed by atoms with Crippen molar-refractivity contribution in [3.05, 3.63) is 73.4 Å². The van der Waals surface area contributed by atoms with Gasteiger partial charge in [0.2, 0.25) is 5.79 Å². The van der Waals surface area contributed by atoms with Crippen LogP contribution in [0.5, 0.6) is 11.5 Å². The molecule has 10 nitrogen and oxygen atoms in total. The van der Waals surface area contributed by atoms with Gasteiger partial charge < -0.3 is 38.9 Å². The van der Waals surface area contributed by atoms with E-state index < -0.39 is 17.9 Å². The predicted molar refractivity (Wildman–Crippen MR) is 186 cm³/mol. The first-order valence-electron chi connectivity index (χ1n) is 17.3. The number of hydrogen-bond acceptors (Lipinski definition) is 9. The molecule has 1 amide bonds. The van der Waals surface area contributed by atoms with Gasteiger partial charge in [-0.15, -0.1) is 13.2 Å². The molecule has 0 saturated heterocycles. The second kappa shape index (κ2) is 18.2. The molecule has 10 heteroatoms. The molecule has 264 valence electrons. The van der Waals surface area contributed by atoms with Crippen molar-refractivity contribution in [3.8, 4) is 11.5 Å². The number of amides is 1. The lowest BCUT2D eigenvalue weighted by atomic mass is 9.55. The van der Waals surface area contributed by atoms with E-state index in [1.54, 1.807) is 30.2 Å². The Morgan fingerprint density at radius 3 is 2.52 bits per heavy atom. The van der Waals surface area contributed by atoms with Gasteiger partial charge in [-0.3, -0.25) is 0 Å². The molecule has 1 aromatic carbocycles. The normalized spacial score (nSPS) is 26.3. The zero-order valence-corrected chi connectivity index (χ0v) is 28.7. The van der Waals surface area contributed by atoms with E-state index in [9.17, 15) is 15.0 Å². The van der Waals surface area contributed by atoms with Crippen LogP contribution in [0.15, 0.2) is 73.0 Å². The van der Waals surface area contributed by atoms with Crippen LogP contribution in [0.2, 0.25) is 0 Å². The van der Waals surface area contributed by atoms with Gasteiger partial charge in [0.05, 0.1) is 24.8 Å². The number of nitrogens with zero attached hydrogens (tertiary/aromatic N) is 2. The Labute approximate surface area is 285 Å². The fourth-order valence-corrected chi connectivity index (χ4v) is 7.57. The molecule has 0 aromatic heterocycles. The number of benzene rings is 1. The molecule has 2 aliphatic carbocycles. The average molecular weight is 667 g/mol. The summed E-state index contributed by atoms with van der Waals surface area (Å²) in [5, 5.41) is 24.1. The number of unbranched alkanes of at least 4 members (excludes halogenated alkanes) is 2. The summed E-state index contributed by atoms with van der Waals surface area (Å²) in [5.74, 6) is -0.168. The number of carbonyl (C=O) groups excluding carboxylic acids is 1. The van der Waals surface area contributed by atoms with Crippen molar-refractivity contribution in [2.45, 2.75) is 76.0 Å². The van der Waals surface area contributed by atoms with E-state index in [0.717, 1.165) is 42.5 Å². The molecular formula is C38H54N2O8. The van der Waals surface area contributed by atoms with Gasteiger partial charge in [-0.05, 0) is 74.6 Å². The number of likely N-dealkylation sites (N-methyl/N-ethyl adjacent to an activating group) is 1. The minimum absolute atomic E-state index is 0.120. The summed E-state index contributed by atoms with van der Waals surface area (Å²) in [6.45, 7) is 14.8. The van der Waals surface area contributed by atoms with Crippen molar-refractivity contribution in [2.24, 2.45) is 22.9 Å². The number of ether oxygens (including phenoxy) is 4. The Morgan fingerprint density at radius 2 is 1.83 bits per heavy atom. The van der Waals surface area contributed by atoms with Crippen LogP contribution in [0, 0.1) is 17.8 Å². The molecule has 48 heavy (non-hydrogen) atoms. The van der Waals surface area contributed by atoms with Gasteiger partial charge in [0, 0.05) is 38.2 Å². The van der Waals surface area contributed by atoms with Crippen LogP contribution in [0.4, 0.5) is 4.79 Å². The molecule has 0 bridgehead atoms. The highest BCUT2D eigenvalue weighted by Gasteiger charge is 2.65. The number of hydrogen-bond donors (Lipinski definition) is 2. The van der Waals surface area contributed by atoms with Crippen LogP contribution in [0.25, 0.3) is 0 Å². The van der Waals surface area contributed by atoms with Crippen molar-refractivity contribution in [2.75, 3.05) is 46.7 Å². The Hall–Kier alpha value is -3.60. The molecule has 4 rings (SSSR count). The number of allylic oxidation sites excluding steroid dienone is 1. The fraction of sp³-hybridized carbons (Fsp3) is 0.579. The standard InChI is InChI=1S/C38H54N2O8/c1-6-10-23-45-37(43)40(5)34-26-32(39-47-9-4)30-24-27(15-11-13-19-41)29(16-12-14-20-42)35-31-25-28(44-21-7-2)17-18-33(31)48-38(34,36(30)35)46-22-8-3/h6-8,17-18,24-25,27,29,34-36,41-42H,1-3,9-16,19-23,26H2,4-5H3/t27-,29+,34-,35+,36+,38+/m0/s1. The smallest absolute Gasteiger partial charge is 0.409 e. The van der Waals surface area contributed by atoms with E-state index in [1.165, 1.54) is 0 Å². The molecule has 0 radical (unpaired) electrons. The third kappa shape index (κ3) is 8.15. The van der Waals surface area contributed by atoms with Gasteiger partial charge in [-0.25, -0.2) is 4.79 Å². The van der Waals surface area contributed by atoms with E-state index in [4.69, 9.17) is 23.8 Å². The van der Waals surface area contributed by atoms with E-state index in [2.05, 4.69) is 37.0 Å². The third-order valence-electron chi connectivity index (χ3n) is 9.62. The molecular weight excluding hydrogens is 612 g/mol. The van der Waals surface area contributed by atoms with Crippen molar-refractivity contribution in [1.82, 2.24) is 4.90 Å². The lowest BCUT2D eigenvalue weighted by Crippen LogP contribution is -2.69. The summed E-state index contributed by atoms with van der Waals surface area (Å²) in [6, 6.07) is 5.24. The highest BCUT2D eigenvalue weighted by atomic mass is 16.7. The summed E-state index contributed by atoms with van der Waals surface area (Å²) in [7, 11) is 1.71. The van der Waals surface area contributed by atoms with Crippen LogP contribution >= 0.6 is 0 Å². The number of oxime groups is 1. The molecule has 6 atom stereocenters. The molecule has 1 aromatic rings. The molecule has 1 saturated carbocycles. The van der Waals surface area contributed by atoms with Crippen molar-refractivity contribution < 1.29 is 38.8 Å². The first-order valence-corrected chi connectivity index (χ1v) is 17.3. The Bertz CT molecular complexity index is 1310. The van der Waals surface area contributed by atoms with Crippen LogP contribution in [-0.2, 0) is 14.3 Å². The van der Waals surface area contributed by atoms with E-state index in [1.807, 2.05) is 19.1 Å². The number of aliphatic hydroxyl groups is 2. The first-order chi connectivity index (χ1) is 23.4. The monoisotopic (exact) mass is 666 g/mol. The van der Waals surface area contributed by atoms with Gasteiger partial charge in [0.1, 0.15) is 30.8 Å². The summed E-state index contributed by atoms with van der Waals surface area (Å²) < 4.78 is 25.6. The molecule has 1 aliphatic heterocycles. The van der Waals surface area contributed by atoms with Crippen LogP contribution in [-0.4, -0.2) is 85.4 Å². The zero-order chi connectivity index (χ0) is 34.5. The Kier molecular flexibility index (Phi) is 14.1. The van der Waals surface area contributed by atoms with Gasteiger partial charge in [0.25, 0.3) is 0 Å². The van der Waals surface area contributed by atoms with Crippen LogP contribution < -0.4 is 9.47 Å². The number of aliphatic hydroxyl groups excluding tert-OH is 2. The van der Waals surface area contributed by atoms with E-state index in [0.29, 0.717) is 50.4 Å². The van der Waals surface area contributed by atoms with E-state index in [-0.39, 0.29) is 50.1 Å². The lowest BCUT2D eigenvalue weighted by molar-refractivity contribution is -0.253. The quantitative estimate of drug-likeness (QED) is 0.0914. The Balaban J connectivity index is 1.98. The predicted octanol–water partition coefficient (Wildman–Crippen LogP) is 6.55. The maximum atomic E-state index is 13.6. The second-order valence-corrected chi connectivity index (χ2v) is 12.6. The first kappa shape index (κ1) is 37.2. The Morgan fingerprint density at radius 1 is 1.08 bits per heavy atom. The highest BCUT2D eigenvalue weighted by molar-refractivity contribution is 6.02. The topological polar surface area (TPSA) is 119 Å². The molecule has 3 aliphatic rings. The number of rotatable bonds is 20. The second-order valence-electron chi connectivity index (χ2n) is 12.6. The molecule has 1 fully saturated rings. The summed E-state index contributed by atoms with van der Waals surface area (Å²) in [6.07, 6.45) is 12.6. The summed E-state index contributed by atoms with van der Waals surface area (Å²) in [4.78, 5) is 20.9. The zero-order valence-electron chi connectivity index (χ0n) is 28.7. The van der Waals surface area contributed by atoms with Crippen molar-refractivity contribution in [1.29, 1.82) is 0 Å².